The summed E-state index contributed by atoms with van der Waals surface area (Å²) >= 11 is 12.7. The van der Waals surface area contributed by atoms with Gasteiger partial charge in [-0.1, -0.05) is 37.0 Å². The number of benzene rings is 1. The molecule has 1 N–H and O–H groups in total. The Hall–Kier alpha value is -2.51. The van der Waals surface area contributed by atoms with Gasteiger partial charge in [-0.25, -0.2) is 0 Å². The number of rotatable bonds is 7. The topological polar surface area (TPSA) is 74.8 Å². The molecule has 2 amide bonds. The summed E-state index contributed by atoms with van der Waals surface area (Å²) in [4.78, 5) is 33.6. The molecular weight excluding hydrogens is 451 g/mol. The Kier molecular flexibility index (Phi) is 8.21. The van der Waals surface area contributed by atoms with Gasteiger partial charge in [-0.15, -0.1) is 0 Å². The zero-order valence-corrected chi connectivity index (χ0v) is 20.0. The highest BCUT2D eigenvalue weighted by molar-refractivity contribution is 6.36. The standard InChI is InChI=1S/C23H28Cl2N4O3/c1-15(2)22(27-21(30)12-16-4-6-26-7-5-16)23(31)29-10-8-28(9-11-29)19-13-18(25)20(32-3)14-17(19)24/h4-7,13-15,22H,8-12H2,1-3H3,(H,27,30). The molecule has 1 fully saturated rings. The van der Waals surface area contributed by atoms with Gasteiger partial charge in [0.15, 0.2) is 0 Å². The molecule has 1 aliphatic rings. The van der Waals surface area contributed by atoms with Crippen molar-refractivity contribution in [2.45, 2.75) is 26.3 Å². The molecule has 1 aliphatic heterocycles. The monoisotopic (exact) mass is 478 g/mol. The maximum atomic E-state index is 13.2. The molecule has 1 aromatic carbocycles. The molecule has 7 nitrogen and oxygen atoms in total. The largest absolute Gasteiger partial charge is 0.495 e. The highest BCUT2D eigenvalue weighted by atomic mass is 35.5. The molecule has 0 aliphatic carbocycles. The number of hydrogen-bond donors (Lipinski definition) is 1. The number of hydrogen-bond acceptors (Lipinski definition) is 5. The molecule has 1 unspecified atom stereocenters. The normalized spacial score (nSPS) is 14.9. The van der Waals surface area contributed by atoms with Crippen molar-refractivity contribution in [2.75, 3.05) is 38.2 Å². The number of ether oxygens (including phenoxy) is 1. The second-order valence-electron chi connectivity index (χ2n) is 8.07. The van der Waals surface area contributed by atoms with Crippen LogP contribution in [0.1, 0.15) is 19.4 Å². The van der Waals surface area contributed by atoms with Gasteiger partial charge in [-0.05, 0) is 29.7 Å². The number of carbonyl (C=O) groups is 2. The lowest BCUT2D eigenvalue weighted by molar-refractivity contribution is -0.137. The molecule has 0 saturated carbocycles. The number of piperazine rings is 1. The summed E-state index contributed by atoms with van der Waals surface area (Å²) in [5, 5.41) is 3.96. The molecule has 2 heterocycles. The fourth-order valence-corrected chi connectivity index (χ4v) is 4.21. The lowest BCUT2D eigenvalue weighted by Gasteiger charge is -2.38. The summed E-state index contributed by atoms with van der Waals surface area (Å²) in [6.45, 7) is 6.16. The quantitative estimate of drug-likeness (QED) is 0.659. The molecule has 0 bridgehead atoms. The molecule has 1 saturated heterocycles. The Bertz CT molecular complexity index is 948. The molecule has 2 aromatic rings. The summed E-state index contributed by atoms with van der Waals surface area (Å²) in [6, 6.07) is 6.50. The number of amides is 2. The van der Waals surface area contributed by atoms with Crippen molar-refractivity contribution in [2.24, 2.45) is 5.92 Å². The predicted molar refractivity (Wildman–Crippen MR) is 127 cm³/mol. The molecular formula is C23H28Cl2N4O3. The van der Waals surface area contributed by atoms with Gasteiger partial charge >= 0.3 is 0 Å². The van der Waals surface area contributed by atoms with E-state index in [1.165, 1.54) is 0 Å². The van der Waals surface area contributed by atoms with Gasteiger partial charge in [0.05, 0.1) is 29.3 Å². The minimum Gasteiger partial charge on any atom is -0.495 e. The molecule has 9 heteroatoms. The summed E-state index contributed by atoms with van der Waals surface area (Å²) in [7, 11) is 1.54. The first-order chi connectivity index (χ1) is 15.3. The second-order valence-corrected chi connectivity index (χ2v) is 8.89. The van der Waals surface area contributed by atoms with Gasteiger partial charge < -0.3 is 19.9 Å². The van der Waals surface area contributed by atoms with Crippen molar-refractivity contribution in [3.8, 4) is 5.75 Å². The Morgan fingerprint density at radius 2 is 1.75 bits per heavy atom. The summed E-state index contributed by atoms with van der Waals surface area (Å²) in [5.74, 6) is 0.247. The van der Waals surface area contributed by atoms with Crippen LogP contribution >= 0.6 is 23.2 Å². The zero-order valence-electron chi connectivity index (χ0n) is 18.5. The number of aromatic nitrogens is 1. The van der Waals surface area contributed by atoms with Crippen LogP contribution in [0.3, 0.4) is 0 Å². The molecule has 172 valence electrons. The van der Waals surface area contributed by atoms with Crippen LogP contribution in [0.4, 0.5) is 5.69 Å². The molecule has 32 heavy (non-hydrogen) atoms. The smallest absolute Gasteiger partial charge is 0.245 e. The highest BCUT2D eigenvalue weighted by Crippen LogP contribution is 2.36. The third-order valence-electron chi connectivity index (χ3n) is 5.52. The fourth-order valence-electron chi connectivity index (χ4n) is 3.71. The average molecular weight is 479 g/mol. The zero-order chi connectivity index (χ0) is 23.3. The summed E-state index contributed by atoms with van der Waals surface area (Å²) in [5.41, 5.74) is 1.67. The number of anilines is 1. The van der Waals surface area contributed by atoms with Gasteiger partial charge in [0.1, 0.15) is 11.8 Å². The number of methoxy groups -OCH3 is 1. The van der Waals surface area contributed by atoms with E-state index in [0.29, 0.717) is 42.0 Å². The lowest BCUT2D eigenvalue weighted by Crippen LogP contribution is -2.56. The fraction of sp³-hybridized carbons (Fsp3) is 0.435. The van der Waals surface area contributed by atoms with Crippen LogP contribution in [-0.2, 0) is 16.0 Å². The molecule has 1 atom stereocenters. The Morgan fingerprint density at radius 3 is 2.34 bits per heavy atom. The molecule has 1 aromatic heterocycles. The van der Waals surface area contributed by atoms with Crippen LogP contribution in [0.2, 0.25) is 10.0 Å². The van der Waals surface area contributed by atoms with E-state index in [4.69, 9.17) is 27.9 Å². The number of nitrogens with one attached hydrogen (secondary N) is 1. The van der Waals surface area contributed by atoms with Crippen molar-refractivity contribution in [1.82, 2.24) is 15.2 Å². The third kappa shape index (κ3) is 5.84. The first-order valence-corrected chi connectivity index (χ1v) is 11.3. The van der Waals surface area contributed by atoms with E-state index in [0.717, 1.165) is 11.3 Å². The Morgan fingerprint density at radius 1 is 1.09 bits per heavy atom. The number of carbonyl (C=O) groups excluding carboxylic acids is 2. The maximum absolute atomic E-state index is 13.2. The van der Waals surface area contributed by atoms with Crippen LogP contribution in [0.15, 0.2) is 36.7 Å². The first-order valence-electron chi connectivity index (χ1n) is 10.5. The van der Waals surface area contributed by atoms with Crippen LogP contribution in [0.25, 0.3) is 0 Å². The number of pyridine rings is 1. The van der Waals surface area contributed by atoms with Gasteiger partial charge in [0.2, 0.25) is 11.8 Å². The summed E-state index contributed by atoms with van der Waals surface area (Å²) in [6.07, 6.45) is 3.51. The average Bonchev–Trinajstić information content (AvgIpc) is 2.79. The van der Waals surface area contributed by atoms with Gasteiger partial charge in [0.25, 0.3) is 0 Å². The molecule has 0 spiro atoms. The Labute approximate surface area is 198 Å². The number of nitrogens with zero attached hydrogens (tertiary/aromatic N) is 3. The van der Waals surface area contributed by atoms with Crippen molar-refractivity contribution in [1.29, 1.82) is 0 Å². The number of halogens is 2. The van der Waals surface area contributed by atoms with E-state index in [9.17, 15) is 9.59 Å². The van der Waals surface area contributed by atoms with E-state index >= 15 is 0 Å². The van der Waals surface area contributed by atoms with E-state index in [2.05, 4.69) is 15.2 Å². The molecule has 0 radical (unpaired) electrons. The SMILES string of the molecule is COc1cc(Cl)c(N2CCN(C(=O)C(NC(=O)Cc3ccncc3)C(C)C)CC2)cc1Cl. The van der Waals surface area contributed by atoms with E-state index in [-0.39, 0.29) is 24.2 Å². The third-order valence-corrected chi connectivity index (χ3v) is 6.11. The maximum Gasteiger partial charge on any atom is 0.245 e. The van der Waals surface area contributed by atoms with E-state index < -0.39 is 6.04 Å². The van der Waals surface area contributed by atoms with Gasteiger partial charge in [0, 0.05) is 44.6 Å². The minimum atomic E-state index is -0.574. The van der Waals surface area contributed by atoms with Crippen molar-refractivity contribution < 1.29 is 14.3 Å². The second kappa shape index (κ2) is 10.9. The van der Waals surface area contributed by atoms with Crippen molar-refractivity contribution in [3.63, 3.8) is 0 Å². The van der Waals surface area contributed by atoms with E-state index in [1.807, 2.05) is 13.8 Å². The lowest BCUT2D eigenvalue weighted by atomic mass is 10.0. The molecule has 3 rings (SSSR count). The van der Waals surface area contributed by atoms with Gasteiger partial charge in [-0.3, -0.25) is 14.6 Å². The first kappa shape index (κ1) is 24.1. The minimum absolute atomic E-state index is 0.0308. The predicted octanol–water partition coefficient (Wildman–Crippen LogP) is 3.43. The van der Waals surface area contributed by atoms with Crippen molar-refractivity contribution in [3.05, 3.63) is 52.3 Å². The van der Waals surface area contributed by atoms with Crippen LogP contribution in [-0.4, -0.2) is 61.0 Å². The van der Waals surface area contributed by atoms with Gasteiger partial charge in [-0.2, -0.15) is 0 Å². The Balaban J connectivity index is 1.61. The van der Waals surface area contributed by atoms with Crippen LogP contribution < -0.4 is 15.0 Å². The van der Waals surface area contributed by atoms with Crippen molar-refractivity contribution >= 4 is 40.7 Å². The van der Waals surface area contributed by atoms with Crippen LogP contribution in [0, 0.1) is 5.92 Å². The highest BCUT2D eigenvalue weighted by Gasteiger charge is 2.31. The van der Waals surface area contributed by atoms with E-state index in [1.54, 1.807) is 48.7 Å². The van der Waals surface area contributed by atoms with Crippen LogP contribution in [0.5, 0.6) is 5.75 Å². The summed E-state index contributed by atoms with van der Waals surface area (Å²) < 4.78 is 5.21.